The lowest BCUT2D eigenvalue weighted by molar-refractivity contribution is -0.127. The molecule has 6 nitrogen and oxygen atoms in total. The summed E-state index contributed by atoms with van der Waals surface area (Å²) in [5, 5.41) is 3.88. The van der Waals surface area contributed by atoms with Gasteiger partial charge in [-0.05, 0) is 55.3 Å². The minimum Gasteiger partial charge on any atom is -0.341 e. The third-order valence-electron chi connectivity index (χ3n) is 6.34. The van der Waals surface area contributed by atoms with E-state index in [9.17, 15) is 9.59 Å². The van der Waals surface area contributed by atoms with Crippen LogP contribution in [0.15, 0.2) is 114 Å². The van der Waals surface area contributed by atoms with Gasteiger partial charge < -0.3 is 10.2 Å². The molecule has 2 aromatic heterocycles. The van der Waals surface area contributed by atoms with Gasteiger partial charge in [0.15, 0.2) is 5.43 Å². The summed E-state index contributed by atoms with van der Waals surface area (Å²) in [4.78, 5) is 32.6. The van der Waals surface area contributed by atoms with E-state index in [4.69, 9.17) is 4.98 Å². The topological polar surface area (TPSA) is 67.2 Å². The van der Waals surface area contributed by atoms with Gasteiger partial charge in [-0.2, -0.15) is 0 Å². The summed E-state index contributed by atoms with van der Waals surface area (Å²) in [7, 11) is 0. The largest absolute Gasteiger partial charge is 0.341 e. The van der Waals surface area contributed by atoms with E-state index in [0.717, 1.165) is 34.8 Å². The molecule has 2 aromatic carbocycles. The summed E-state index contributed by atoms with van der Waals surface area (Å²) in [6.45, 7) is 3.80. The molecule has 0 unspecified atom stereocenters. The van der Waals surface area contributed by atoms with Crippen molar-refractivity contribution >= 4 is 28.4 Å². The second-order valence-corrected chi connectivity index (χ2v) is 8.92. The van der Waals surface area contributed by atoms with Crippen molar-refractivity contribution in [3.63, 3.8) is 0 Å². The van der Waals surface area contributed by atoms with Gasteiger partial charge in [0.25, 0.3) is 0 Å². The summed E-state index contributed by atoms with van der Waals surface area (Å²) in [6, 6.07) is 23.1. The molecule has 6 heteroatoms. The number of pyridine rings is 2. The number of rotatable bonds is 6. The van der Waals surface area contributed by atoms with Crippen molar-refractivity contribution in [3.8, 4) is 5.69 Å². The van der Waals surface area contributed by atoms with Crippen molar-refractivity contribution in [2.45, 2.75) is 26.8 Å². The molecule has 0 fully saturated rings. The van der Waals surface area contributed by atoms with Crippen LogP contribution in [0.25, 0.3) is 16.7 Å². The lowest BCUT2D eigenvalue weighted by Gasteiger charge is -2.24. The molecule has 0 radical (unpaired) electrons. The van der Waals surface area contributed by atoms with Gasteiger partial charge >= 0.3 is 0 Å². The van der Waals surface area contributed by atoms with Crippen LogP contribution in [0.5, 0.6) is 0 Å². The van der Waals surface area contributed by atoms with Gasteiger partial charge in [0, 0.05) is 35.8 Å². The number of para-hydroxylation sites is 2. The fourth-order valence-corrected chi connectivity index (χ4v) is 4.45. The van der Waals surface area contributed by atoms with Crippen molar-refractivity contribution in [1.82, 2.24) is 14.5 Å². The van der Waals surface area contributed by atoms with E-state index >= 15 is 0 Å². The van der Waals surface area contributed by atoms with Crippen molar-refractivity contribution < 1.29 is 4.79 Å². The van der Waals surface area contributed by atoms with Gasteiger partial charge in [0.1, 0.15) is 11.5 Å². The number of nitrogens with zero attached hydrogens (tertiary/aromatic N) is 3. The Hall–Kier alpha value is -4.71. The highest BCUT2D eigenvalue weighted by molar-refractivity contribution is 5.82. The zero-order chi connectivity index (χ0) is 25.8. The molecule has 0 spiro atoms. The van der Waals surface area contributed by atoms with Gasteiger partial charge in [-0.25, -0.2) is 4.98 Å². The molecule has 0 saturated carbocycles. The first-order valence-electron chi connectivity index (χ1n) is 12.3. The number of benzene rings is 2. The number of hydrogen-bond donors (Lipinski definition) is 1. The quantitative estimate of drug-likeness (QED) is 0.352. The van der Waals surface area contributed by atoms with Gasteiger partial charge in [-0.1, -0.05) is 60.7 Å². The van der Waals surface area contributed by atoms with E-state index in [-0.39, 0.29) is 11.3 Å². The van der Waals surface area contributed by atoms with E-state index in [2.05, 4.69) is 5.32 Å². The monoisotopic (exact) mass is 488 g/mol. The Kier molecular flexibility index (Phi) is 6.81. The number of anilines is 2. The predicted molar refractivity (Wildman–Crippen MR) is 149 cm³/mol. The molecule has 1 aliphatic rings. The lowest BCUT2D eigenvalue weighted by Crippen LogP contribution is -2.27. The molecular formula is C31H28N4O2. The molecule has 5 rings (SSSR count). The maximum atomic E-state index is 13.4. The summed E-state index contributed by atoms with van der Waals surface area (Å²) >= 11 is 0. The summed E-state index contributed by atoms with van der Waals surface area (Å²) in [6.07, 6.45) is 10.6. The Bertz CT molecular complexity index is 1600. The molecule has 1 amide bonds. The molecule has 0 aliphatic heterocycles. The zero-order valence-electron chi connectivity index (χ0n) is 20.9. The number of aryl methyl sites for hydroxylation is 1. The molecule has 184 valence electrons. The minimum atomic E-state index is -0.137. The first kappa shape index (κ1) is 24.0. The number of aromatic nitrogens is 2. The van der Waals surface area contributed by atoms with E-state index in [1.165, 1.54) is 0 Å². The predicted octanol–water partition coefficient (Wildman–Crippen LogP) is 6.19. The fourth-order valence-electron chi connectivity index (χ4n) is 4.45. The Morgan fingerprint density at radius 1 is 1.03 bits per heavy atom. The second-order valence-electron chi connectivity index (χ2n) is 8.92. The van der Waals surface area contributed by atoms with Crippen LogP contribution in [0.2, 0.25) is 0 Å². The summed E-state index contributed by atoms with van der Waals surface area (Å²) in [5.74, 6) is 0.558. The van der Waals surface area contributed by atoms with Crippen molar-refractivity contribution in [2.75, 3.05) is 5.32 Å². The van der Waals surface area contributed by atoms with E-state index in [0.29, 0.717) is 23.4 Å². The number of fused-ring (bicyclic) bond motifs is 1. The normalized spacial score (nSPS) is 12.8. The molecule has 0 atom stereocenters. The fraction of sp³-hybridized carbons (Fsp3) is 0.129. The van der Waals surface area contributed by atoms with Gasteiger partial charge in [-0.3, -0.25) is 14.2 Å². The smallest absolute Gasteiger partial charge is 0.224 e. The average molecular weight is 489 g/mol. The zero-order valence-corrected chi connectivity index (χ0v) is 20.9. The van der Waals surface area contributed by atoms with Crippen LogP contribution in [0.4, 0.5) is 11.5 Å². The molecule has 4 aromatic rings. The molecule has 1 N–H and O–H groups in total. The highest BCUT2D eigenvalue weighted by Crippen LogP contribution is 2.26. The van der Waals surface area contributed by atoms with Gasteiger partial charge in [-0.15, -0.1) is 0 Å². The summed E-state index contributed by atoms with van der Waals surface area (Å²) < 4.78 is 1.96. The van der Waals surface area contributed by atoms with Crippen LogP contribution < -0.4 is 10.7 Å². The van der Waals surface area contributed by atoms with Crippen LogP contribution in [0.1, 0.15) is 24.6 Å². The first-order valence-corrected chi connectivity index (χ1v) is 12.3. The molecule has 0 bridgehead atoms. The number of hydrogen-bond acceptors (Lipinski definition) is 4. The number of nitrogens with one attached hydrogen (secondary N) is 1. The Balaban J connectivity index is 1.64. The van der Waals surface area contributed by atoms with Gasteiger partial charge in [0.2, 0.25) is 5.91 Å². The third kappa shape index (κ3) is 5.14. The minimum absolute atomic E-state index is 0.0681. The second kappa shape index (κ2) is 10.5. The Morgan fingerprint density at radius 2 is 1.76 bits per heavy atom. The molecule has 1 aliphatic carbocycles. The molecule has 37 heavy (non-hydrogen) atoms. The Morgan fingerprint density at radius 3 is 2.49 bits per heavy atom. The SMILES string of the molecule is CC(=O)N(Cc1cc2c(=O)cc(Nc3ccccc3)n(-c3ccccc3)c2nc1C)C1=CCC=CC=C1. The third-order valence-corrected chi connectivity index (χ3v) is 6.34. The van der Waals surface area contributed by atoms with Crippen molar-refractivity contribution in [3.05, 3.63) is 130 Å². The average Bonchev–Trinajstić information content (AvgIpc) is 3.18. The maximum Gasteiger partial charge on any atom is 0.224 e. The highest BCUT2D eigenvalue weighted by atomic mass is 16.2. The molecule has 2 heterocycles. The number of amides is 1. The lowest BCUT2D eigenvalue weighted by atomic mass is 10.1. The van der Waals surface area contributed by atoms with Crippen LogP contribution in [-0.4, -0.2) is 20.4 Å². The highest BCUT2D eigenvalue weighted by Gasteiger charge is 2.19. The number of carbonyl (C=O) groups is 1. The van der Waals surface area contributed by atoms with Crippen LogP contribution >= 0.6 is 0 Å². The summed E-state index contributed by atoms with van der Waals surface area (Å²) in [5.41, 5.74) is 4.60. The number of allylic oxidation sites excluding steroid dienone is 5. The first-order chi connectivity index (χ1) is 18.0. The van der Waals surface area contributed by atoms with E-state index in [1.807, 2.05) is 109 Å². The number of carbonyl (C=O) groups excluding carboxylic acids is 1. The van der Waals surface area contributed by atoms with Crippen LogP contribution in [0, 0.1) is 6.92 Å². The van der Waals surface area contributed by atoms with Crippen molar-refractivity contribution in [1.29, 1.82) is 0 Å². The van der Waals surface area contributed by atoms with Crippen LogP contribution in [0.3, 0.4) is 0 Å². The molecular weight excluding hydrogens is 460 g/mol. The Labute approximate surface area is 215 Å². The van der Waals surface area contributed by atoms with E-state index < -0.39 is 0 Å². The van der Waals surface area contributed by atoms with Crippen molar-refractivity contribution in [2.24, 2.45) is 0 Å². The van der Waals surface area contributed by atoms with Gasteiger partial charge in [0.05, 0.1) is 11.9 Å². The van der Waals surface area contributed by atoms with E-state index in [1.54, 1.807) is 17.9 Å². The standard InChI is InChI=1S/C31H28N4O2/c1-22-24(21-34(23(2)36)26-15-9-3-4-10-16-26)19-28-29(37)20-30(33-25-13-7-5-8-14-25)35(31(28)32-22)27-17-11-6-12-18-27/h3-9,11-20,33H,10,21H2,1-2H3. The van der Waals surface area contributed by atoms with Crippen LogP contribution in [-0.2, 0) is 11.3 Å². The molecule has 0 saturated heterocycles. The maximum absolute atomic E-state index is 13.4.